The molecule has 0 aromatic heterocycles. The number of anilines is 1. The first kappa shape index (κ1) is 20.0. The van der Waals surface area contributed by atoms with Gasteiger partial charge < -0.3 is 16.0 Å². The second-order valence-electron chi connectivity index (χ2n) is 6.00. The third kappa shape index (κ3) is 5.61. The van der Waals surface area contributed by atoms with Crippen LogP contribution < -0.4 is 16.0 Å². The molecule has 11 heteroatoms. The molecule has 1 aliphatic heterocycles. The van der Waals surface area contributed by atoms with E-state index in [2.05, 4.69) is 16.0 Å². The number of amides is 3. The topological polar surface area (TPSA) is 104 Å². The van der Waals surface area contributed by atoms with Crippen molar-refractivity contribution in [2.24, 2.45) is 0 Å². The van der Waals surface area contributed by atoms with Crippen molar-refractivity contribution >= 4 is 27.5 Å². The summed E-state index contributed by atoms with van der Waals surface area (Å²) in [5, 5.41) is 7.21. The number of hydrogen-bond donors (Lipinski definition) is 3. The summed E-state index contributed by atoms with van der Waals surface area (Å²) in [6, 6.07) is 1.71. The monoisotopic (exact) mass is 393 g/mol. The zero-order valence-corrected chi connectivity index (χ0v) is 14.6. The molecule has 0 saturated carbocycles. The smallest absolute Gasteiger partial charge is 0.334 e. The number of halogens is 3. The first-order chi connectivity index (χ1) is 12.0. The third-order valence-corrected chi connectivity index (χ3v) is 5.56. The van der Waals surface area contributed by atoms with Crippen LogP contribution in [0.1, 0.15) is 18.9 Å². The molecule has 0 bridgehead atoms. The van der Waals surface area contributed by atoms with Crippen LogP contribution in [0.15, 0.2) is 24.3 Å². The van der Waals surface area contributed by atoms with Crippen molar-refractivity contribution in [1.29, 1.82) is 0 Å². The van der Waals surface area contributed by atoms with E-state index in [0.717, 1.165) is 24.3 Å². The van der Waals surface area contributed by atoms with Crippen LogP contribution in [0, 0.1) is 0 Å². The Bertz CT molecular complexity index is 778. The minimum Gasteiger partial charge on any atom is -0.334 e. The van der Waals surface area contributed by atoms with Gasteiger partial charge in [-0.1, -0.05) is 0 Å². The number of carbonyl (C=O) groups excluding carboxylic acids is 2. The van der Waals surface area contributed by atoms with E-state index in [4.69, 9.17) is 0 Å². The number of urea groups is 1. The van der Waals surface area contributed by atoms with E-state index in [0.29, 0.717) is 6.42 Å². The Morgan fingerprint density at radius 3 is 2.31 bits per heavy atom. The van der Waals surface area contributed by atoms with Gasteiger partial charge in [0.1, 0.15) is 6.04 Å². The fraction of sp³-hybridized carbons (Fsp3) is 0.467. The highest BCUT2D eigenvalue weighted by molar-refractivity contribution is 7.91. The van der Waals surface area contributed by atoms with Crippen LogP contribution in [-0.2, 0) is 20.8 Å². The molecule has 1 aromatic rings. The van der Waals surface area contributed by atoms with Crippen molar-refractivity contribution in [2.75, 3.05) is 16.8 Å². The molecular formula is C15H18F3N3O4S. The largest absolute Gasteiger partial charge is 0.416 e. The first-order valence-corrected chi connectivity index (χ1v) is 9.54. The number of rotatable bonds is 4. The quantitative estimate of drug-likeness (QED) is 0.721. The van der Waals surface area contributed by atoms with Crippen molar-refractivity contribution in [3.63, 3.8) is 0 Å². The van der Waals surface area contributed by atoms with Gasteiger partial charge in [0.2, 0.25) is 5.91 Å². The van der Waals surface area contributed by atoms with Gasteiger partial charge in [-0.25, -0.2) is 13.2 Å². The van der Waals surface area contributed by atoms with Gasteiger partial charge in [0.25, 0.3) is 0 Å². The Labute approximate surface area is 148 Å². The average Bonchev–Trinajstić information content (AvgIpc) is 2.85. The molecule has 3 N–H and O–H groups in total. The van der Waals surface area contributed by atoms with Crippen molar-refractivity contribution < 1.29 is 31.2 Å². The van der Waals surface area contributed by atoms with Gasteiger partial charge in [-0.15, -0.1) is 0 Å². The molecule has 7 nitrogen and oxygen atoms in total. The first-order valence-electron chi connectivity index (χ1n) is 7.72. The summed E-state index contributed by atoms with van der Waals surface area (Å²) >= 11 is 0. The number of nitrogens with one attached hydrogen (secondary N) is 3. The summed E-state index contributed by atoms with van der Waals surface area (Å²) in [5.41, 5.74) is -0.688. The van der Waals surface area contributed by atoms with Crippen LogP contribution in [0.25, 0.3) is 0 Å². The Morgan fingerprint density at radius 1 is 1.19 bits per heavy atom. The number of carbonyl (C=O) groups is 2. The minimum atomic E-state index is -4.47. The maximum atomic E-state index is 12.5. The Morgan fingerprint density at radius 2 is 1.81 bits per heavy atom. The number of alkyl halides is 3. The zero-order valence-electron chi connectivity index (χ0n) is 13.8. The van der Waals surface area contributed by atoms with Gasteiger partial charge >= 0.3 is 12.2 Å². The van der Waals surface area contributed by atoms with Gasteiger partial charge in [0, 0.05) is 11.7 Å². The Kier molecular flexibility index (Phi) is 5.79. The highest BCUT2D eigenvalue weighted by atomic mass is 32.2. The number of sulfone groups is 1. The molecule has 1 aromatic carbocycles. The summed E-state index contributed by atoms with van der Waals surface area (Å²) in [6.45, 7) is 1.39. The van der Waals surface area contributed by atoms with Gasteiger partial charge in [-0.2, -0.15) is 13.2 Å². The fourth-order valence-corrected chi connectivity index (χ4v) is 4.06. The number of benzene rings is 1. The predicted octanol–water partition coefficient (Wildman–Crippen LogP) is 1.52. The lowest BCUT2D eigenvalue weighted by atomic mass is 10.2. The lowest BCUT2D eigenvalue weighted by Gasteiger charge is -2.17. The average molecular weight is 393 g/mol. The molecule has 1 aliphatic rings. The predicted molar refractivity (Wildman–Crippen MR) is 88.3 cm³/mol. The maximum absolute atomic E-state index is 12.5. The molecular weight excluding hydrogens is 375 g/mol. The maximum Gasteiger partial charge on any atom is 0.416 e. The Hall–Kier alpha value is -2.30. The second-order valence-corrected chi connectivity index (χ2v) is 8.23. The zero-order chi connectivity index (χ0) is 19.5. The van der Waals surface area contributed by atoms with Crippen LogP contribution in [0.2, 0.25) is 0 Å². The van der Waals surface area contributed by atoms with Gasteiger partial charge in [-0.3, -0.25) is 4.79 Å². The van der Waals surface area contributed by atoms with Gasteiger partial charge in [-0.05, 0) is 37.6 Å². The normalized spacial score (nSPS) is 20.2. The molecule has 2 atom stereocenters. The second kappa shape index (κ2) is 7.52. The van der Waals surface area contributed by atoms with Crippen molar-refractivity contribution in [2.45, 2.75) is 31.6 Å². The van der Waals surface area contributed by atoms with Crippen LogP contribution in [0.4, 0.5) is 23.7 Å². The van der Waals surface area contributed by atoms with Crippen LogP contribution in [0.5, 0.6) is 0 Å². The van der Waals surface area contributed by atoms with Crippen molar-refractivity contribution in [1.82, 2.24) is 10.6 Å². The summed E-state index contributed by atoms with van der Waals surface area (Å²) in [4.78, 5) is 23.8. The van der Waals surface area contributed by atoms with E-state index in [1.165, 1.54) is 6.92 Å². The molecule has 1 saturated heterocycles. The van der Waals surface area contributed by atoms with Crippen LogP contribution in [-0.4, -0.2) is 43.9 Å². The summed E-state index contributed by atoms with van der Waals surface area (Å²) in [7, 11) is -3.14. The summed E-state index contributed by atoms with van der Waals surface area (Å²) in [6.07, 6.45) is -4.16. The number of hydrogen-bond acceptors (Lipinski definition) is 4. The highest BCUT2D eigenvalue weighted by Gasteiger charge is 2.31. The molecule has 144 valence electrons. The fourth-order valence-electron chi connectivity index (χ4n) is 2.39. The molecule has 1 heterocycles. The van der Waals surface area contributed by atoms with E-state index in [9.17, 15) is 31.2 Å². The summed E-state index contributed by atoms with van der Waals surface area (Å²) in [5.74, 6) is -0.770. The molecule has 3 amide bonds. The van der Waals surface area contributed by atoms with E-state index in [1.807, 2.05) is 0 Å². The van der Waals surface area contributed by atoms with Crippen molar-refractivity contribution in [3.8, 4) is 0 Å². The van der Waals surface area contributed by atoms with E-state index < -0.39 is 45.6 Å². The molecule has 26 heavy (non-hydrogen) atoms. The lowest BCUT2D eigenvalue weighted by molar-refractivity contribution is -0.137. The molecule has 0 radical (unpaired) electrons. The standard InChI is InChI=1S/C15H18F3N3O4S/c1-9(19-14(23)21-12-6-7-26(24,25)8-12)13(22)20-11-4-2-10(3-5-11)15(16,17)18/h2-5,9,12H,6-8H2,1H3,(H,20,22)(H2,19,21,23)/t9-,12+/m0/s1. The molecule has 2 rings (SSSR count). The van der Waals surface area contributed by atoms with E-state index in [-0.39, 0.29) is 17.2 Å². The van der Waals surface area contributed by atoms with E-state index in [1.54, 1.807) is 0 Å². The molecule has 1 fully saturated rings. The van der Waals surface area contributed by atoms with Gasteiger partial charge in [0.15, 0.2) is 9.84 Å². The van der Waals surface area contributed by atoms with Gasteiger partial charge in [0.05, 0.1) is 17.1 Å². The summed E-state index contributed by atoms with van der Waals surface area (Å²) < 4.78 is 60.1. The lowest BCUT2D eigenvalue weighted by Crippen LogP contribution is -2.49. The van der Waals surface area contributed by atoms with Crippen LogP contribution >= 0.6 is 0 Å². The Balaban J connectivity index is 1.84. The minimum absolute atomic E-state index is 0.00189. The highest BCUT2D eigenvalue weighted by Crippen LogP contribution is 2.29. The molecule has 0 spiro atoms. The third-order valence-electron chi connectivity index (χ3n) is 3.79. The van der Waals surface area contributed by atoms with Crippen LogP contribution in [0.3, 0.4) is 0 Å². The molecule has 0 aliphatic carbocycles. The van der Waals surface area contributed by atoms with E-state index >= 15 is 0 Å². The van der Waals surface area contributed by atoms with Crippen molar-refractivity contribution in [3.05, 3.63) is 29.8 Å². The SMILES string of the molecule is C[C@H](NC(=O)N[C@@H]1CCS(=O)(=O)C1)C(=O)Nc1ccc(C(F)(F)F)cc1. The molecule has 0 unspecified atom stereocenters.